The van der Waals surface area contributed by atoms with Gasteiger partial charge in [-0.25, -0.2) is 8.78 Å². The van der Waals surface area contributed by atoms with E-state index in [0.717, 1.165) is 37.7 Å². The third-order valence-electron chi connectivity index (χ3n) is 3.39. The Morgan fingerprint density at radius 1 is 1.11 bits per heavy atom. The van der Waals surface area contributed by atoms with Crippen LogP contribution in [0.25, 0.3) is 0 Å². The molecule has 0 N–H and O–H groups in total. The fraction of sp³-hybridized carbons (Fsp3) is 0.600. The highest BCUT2D eigenvalue weighted by Gasteiger charge is 2.21. The largest absolute Gasteiger partial charge is 0.352 e. The molecular formula is C15H20F2O2. The van der Waals surface area contributed by atoms with Crippen molar-refractivity contribution in [2.45, 2.75) is 38.9 Å². The molecule has 0 unspecified atom stereocenters. The second-order valence-corrected chi connectivity index (χ2v) is 5.04. The fourth-order valence-electron chi connectivity index (χ4n) is 2.30. The SMILES string of the molecule is CCCC1COC(CCc2ccc(F)c(F)c2)OC1. The molecule has 4 heteroatoms. The van der Waals surface area contributed by atoms with E-state index >= 15 is 0 Å². The van der Waals surface area contributed by atoms with Crippen LogP contribution in [0, 0.1) is 17.6 Å². The molecule has 1 aliphatic heterocycles. The van der Waals surface area contributed by atoms with Gasteiger partial charge in [-0.3, -0.25) is 0 Å². The maximum Gasteiger partial charge on any atom is 0.159 e. The Hall–Kier alpha value is -1.00. The highest BCUT2D eigenvalue weighted by molar-refractivity contribution is 5.17. The maximum atomic E-state index is 13.0. The second kappa shape index (κ2) is 6.96. The summed E-state index contributed by atoms with van der Waals surface area (Å²) in [5.74, 6) is -1.12. The molecule has 2 nitrogen and oxygen atoms in total. The summed E-state index contributed by atoms with van der Waals surface area (Å²) in [6, 6.07) is 3.99. The van der Waals surface area contributed by atoms with Crippen molar-refractivity contribution in [2.24, 2.45) is 5.92 Å². The molecule has 2 rings (SSSR count). The molecule has 1 fully saturated rings. The first-order valence-corrected chi connectivity index (χ1v) is 6.86. The van der Waals surface area contributed by atoms with Gasteiger partial charge in [0.05, 0.1) is 13.2 Å². The van der Waals surface area contributed by atoms with E-state index in [2.05, 4.69) is 6.92 Å². The molecular weight excluding hydrogens is 250 g/mol. The Labute approximate surface area is 112 Å². The summed E-state index contributed by atoms with van der Waals surface area (Å²) >= 11 is 0. The van der Waals surface area contributed by atoms with Crippen LogP contribution in [0.15, 0.2) is 18.2 Å². The summed E-state index contributed by atoms with van der Waals surface area (Å²) in [6.45, 7) is 3.61. The lowest BCUT2D eigenvalue weighted by Crippen LogP contribution is -2.32. The van der Waals surface area contributed by atoms with E-state index in [1.54, 1.807) is 6.07 Å². The van der Waals surface area contributed by atoms with Crippen LogP contribution in [0.2, 0.25) is 0 Å². The van der Waals surface area contributed by atoms with Crippen molar-refractivity contribution in [2.75, 3.05) is 13.2 Å². The number of hydrogen-bond acceptors (Lipinski definition) is 2. The minimum Gasteiger partial charge on any atom is -0.352 e. The summed E-state index contributed by atoms with van der Waals surface area (Å²) < 4.78 is 37.1. The third kappa shape index (κ3) is 4.25. The average molecular weight is 270 g/mol. The number of halogens is 2. The smallest absolute Gasteiger partial charge is 0.159 e. The second-order valence-electron chi connectivity index (χ2n) is 5.04. The third-order valence-corrected chi connectivity index (χ3v) is 3.39. The standard InChI is InChI=1S/C15H20F2O2/c1-2-3-12-9-18-15(19-10-12)7-5-11-4-6-13(16)14(17)8-11/h4,6,8,12,15H,2-3,5,7,9-10H2,1H3. The first-order valence-electron chi connectivity index (χ1n) is 6.86. The lowest BCUT2D eigenvalue weighted by atomic mass is 10.0. The molecule has 19 heavy (non-hydrogen) atoms. The van der Waals surface area contributed by atoms with Gasteiger partial charge in [0.15, 0.2) is 17.9 Å². The van der Waals surface area contributed by atoms with Gasteiger partial charge < -0.3 is 9.47 Å². The molecule has 1 aromatic rings. The summed E-state index contributed by atoms with van der Waals surface area (Å²) in [5, 5.41) is 0. The maximum absolute atomic E-state index is 13.0. The van der Waals surface area contributed by atoms with E-state index in [1.165, 1.54) is 6.07 Å². The highest BCUT2D eigenvalue weighted by Crippen LogP contribution is 2.19. The van der Waals surface area contributed by atoms with Crippen LogP contribution in [0.3, 0.4) is 0 Å². The first kappa shape index (κ1) is 14.4. The molecule has 0 saturated carbocycles. The Bertz CT molecular complexity index is 401. The molecule has 1 aromatic carbocycles. The number of rotatable bonds is 5. The van der Waals surface area contributed by atoms with Crippen molar-refractivity contribution in [1.29, 1.82) is 0 Å². The molecule has 1 aliphatic rings. The quantitative estimate of drug-likeness (QED) is 0.812. The molecule has 0 radical (unpaired) electrons. The van der Waals surface area contributed by atoms with Crippen LogP contribution in [0.5, 0.6) is 0 Å². The summed E-state index contributed by atoms with van der Waals surface area (Å²) in [4.78, 5) is 0. The summed E-state index contributed by atoms with van der Waals surface area (Å²) in [5.41, 5.74) is 0.766. The normalized spacial score (nSPS) is 23.5. The van der Waals surface area contributed by atoms with Crippen LogP contribution in [-0.4, -0.2) is 19.5 Å². The molecule has 1 heterocycles. The molecule has 0 atom stereocenters. The minimum atomic E-state index is -0.809. The first-order chi connectivity index (χ1) is 9.19. The van der Waals surface area contributed by atoms with Crippen molar-refractivity contribution in [3.05, 3.63) is 35.4 Å². The van der Waals surface area contributed by atoms with Crippen LogP contribution < -0.4 is 0 Å². The topological polar surface area (TPSA) is 18.5 Å². The van der Waals surface area contributed by atoms with Crippen molar-refractivity contribution in [1.82, 2.24) is 0 Å². The van der Waals surface area contributed by atoms with Gasteiger partial charge in [0.2, 0.25) is 0 Å². The zero-order valence-electron chi connectivity index (χ0n) is 11.2. The van der Waals surface area contributed by atoms with Gasteiger partial charge in [-0.1, -0.05) is 19.4 Å². The molecule has 0 amide bonds. The van der Waals surface area contributed by atoms with E-state index in [1.807, 2.05) is 0 Å². The van der Waals surface area contributed by atoms with E-state index < -0.39 is 11.6 Å². The van der Waals surface area contributed by atoms with Gasteiger partial charge >= 0.3 is 0 Å². The van der Waals surface area contributed by atoms with E-state index in [9.17, 15) is 8.78 Å². The van der Waals surface area contributed by atoms with Crippen molar-refractivity contribution >= 4 is 0 Å². The summed E-state index contributed by atoms with van der Waals surface area (Å²) in [6.07, 6.45) is 3.33. The predicted molar refractivity (Wildman–Crippen MR) is 68.8 cm³/mol. The summed E-state index contributed by atoms with van der Waals surface area (Å²) in [7, 11) is 0. The Balaban J connectivity index is 1.75. The lowest BCUT2D eigenvalue weighted by molar-refractivity contribution is -0.203. The number of ether oxygens (including phenoxy) is 2. The molecule has 1 saturated heterocycles. The minimum absolute atomic E-state index is 0.221. The van der Waals surface area contributed by atoms with E-state index in [-0.39, 0.29) is 6.29 Å². The Kier molecular flexibility index (Phi) is 5.28. The van der Waals surface area contributed by atoms with Gasteiger partial charge in [-0.2, -0.15) is 0 Å². The van der Waals surface area contributed by atoms with Crippen LogP contribution >= 0.6 is 0 Å². The molecule has 0 aromatic heterocycles. The van der Waals surface area contributed by atoms with Gasteiger partial charge in [0, 0.05) is 12.3 Å². The van der Waals surface area contributed by atoms with Crippen LogP contribution in [-0.2, 0) is 15.9 Å². The van der Waals surface area contributed by atoms with Gasteiger partial charge in [-0.15, -0.1) is 0 Å². The highest BCUT2D eigenvalue weighted by atomic mass is 19.2. The number of benzene rings is 1. The number of aryl methyl sites for hydroxylation is 1. The molecule has 0 aliphatic carbocycles. The fourth-order valence-corrected chi connectivity index (χ4v) is 2.30. The predicted octanol–water partition coefficient (Wildman–Crippen LogP) is 3.69. The van der Waals surface area contributed by atoms with Gasteiger partial charge in [0.1, 0.15) is 0 Å². The molecule has 106 valence electrons. The van der Waals surface area contributed by atoms with E-state index in [4.69, 9.17) is 9.47 Å². The van der Waals surface area contributed by atoms with Crippen molar-refractivity contribution in [3.63, 3.8) is 0 Å². The molecule has 0 bridgehead atoms. The van der Waals surface area contributed by atoms with E-state index in [0.29, 0.717) is 18.8 Å². The number of hydrogen-bond donors (Lipinski definition) is 0. The van der Waals surface area contributed by atoms with Crippen molar-refractivity contribution in [3.8, 4) is 0 Å². The Morgan fingerprint density at radius 2 is 1.84 bits per heavy atom. The average Bonchev–Trinajstić information content (AvgIpc) is 2.42. The molecule has 0 spiro atoms. The monoisotopic (exact) mass is 270 g/mol. The van der Waals surface area contributed by atoms with Crippen molar-refractivity contribution < 1.29 is 18.3 Å². The lowest BCUT2D eigenvalue weighted by Gasteiger charge is -2.29. The Morgan fingerprint density at radius 3 is 2.47 bits per heavy atom. The van der Waals surface area contributed by atoms with Gasteiger partial charge in [0.25, 0.3) is 0 Å². The van der Waals surface area contributed by atoms with Crippen LogP contribution in [0.1, 0.15) is 31.7 Å². The van der Waals surface area contributed by atoms with Gasteiger partial charge in [-0.05, 0) is 30.5 Å². The zero-order chi connectivity index (χ0) is 13.7. The zero-order valence-corrected chi connectivity index (χ0v) is 11.2. The van der Waals surface area contributed by atoms with Crippen LogP contribution in [0.4, 0.5) is 8.78 Å².